The summed E-state index contributed by atoms with van der Waals surface area (Å²) in [6.45, 7) is 0. The summed E-state index contributed by atoms with van der Waals surface area (Å²) in [5.74, 6) is -1.81. The van der Waals surface area contributed by atoms with E-state index in [4.69, 9.17) is 0 Å². The van der Waals surface area contributed by atoms with E-state index < -0.39 is 62.6 Å². The summed E-state index contributed by atoms with van der Waals surface area (Å²) >= 11 is -3.96. The van der Waals surface area contributed by atoms with Gasteiger partial charge in [-0.15, -0.1) is 0 Å². The van der Waals surface area contributed by atoms with Gasteiger partial charge in [-0.25, -0.2) is 0 Å². The van der Waals surface area contributed by atoms with Crippen LogP contribution in [0.4, 0.5) is 0 Å². The molecule has 0 spiro atoms. The number of hydrogen-bond donors (Lipinski definition) is 0. The standard InChI is InChI=1S/C14H10O4.6C6H5.2Sn/c15-9-5-6-10(16)12-11(9)13(17)7-3-1-2-4-8(7)14(12)18;6*1-2-4-6-5-3-1;;/h1-4,17-18H,5-6H2;6*1-5H;;/q;;;;;;;2*+1/p-2. The van der Waals surface area contributed by atoms with Gasteiger partial charge in [0.25, 0.3) is 0 Å². The van der Waals surface area contributed by atoms with Gasteiger partial charge >= 0.3 is 243 Å². The van der Waals surface area contributed by atoms with Crippen molar-refractivity contribution in [1.29, 1.82) is 0 Å². The molecule has 0 aromatic heterocycles. The van der Waals surface area contributed by atoms with E-state index in [2.05, 4.69) is 182 Å². The molecule has 4 nitrogen and oxygen atoms in total. The first kappa shape index (κ1) is 38.8. The summed E-state index contributed by atoms with van der Waals surface area (Å²) in [7, 11) is 0. The van der Waals surface area contributed by atoms with Gasteiger partial charge in [0, 0.05) is 24.0 Å². The summed E-state index contributed by atoms with van der Waals surface area (Å²) in [6, 6.07) is 72.1. The van der Waals surface area contributed by atoms with Gasteiger partial charge in [0.15, 0.2) is 11.6 Å². The molecule has 0 atom stereocenters. The zero-order chi connectivity index (χ0) is 38.7. The van der Waals surface area contributed by atoms with Crippen LogP contribution in [-0.4, -0.2) is 51.1 Å². The Hall–Kier alpha value is -5.44. The Kier molecular flexibility index (Phi) is 13.1. The van der Waals surface area contributed by atoms with E-state index in [0.29, 0.717) is 0 Å². The van der Waals surface area contributed by atoms with E-state index in [0.717, 1.165) is 0 Å². The molecule has 0 N–H and O–H groups in total. The molecule has 0 heterocycles. The Bertz CT molecular complexity index is 2150. The van der Waals surface area contributed by atoms with Crippen LogP contribution in [0.15, 0.2) is 206 Å². The van der Waals surface area contributed by atoms with Crippen LogP contribution < -0.4 is 31.7 Å². The van der Waals surface area contributed by atoms with Crippen LogP contribution >= 0.6 is 0 Å². The number of hydrogen-bond acceptors (Lipinski definition) is 4. The first-order valence-corrected chi connectivity index (χ1v) is 27.1. The minimum absolute atomic E-state index is 0.0128. The summed E-state index contributed by atoms with van der Waals surface area (Å²) in [5, 5.41) is 24.8. The fraction of sp³-hybridized carbons (Fsp3) is 0.0400. The molecule has 1 aliphatic rings. The van der Waals surface area contributed by atoms with Crippen molar-refractivity contribution in [3.05, 3.63) is 217 Å². The van der Waals surface area contributed by atoms with Crippen LogP contribution in [0.1, 0.15) is 33.6 Å². The molecule has 0 radical (unpaired) electrons. The zero-order valence-corrected chi connectivity index (χ0v) is 36.4. The zero-order valence-electron chi connectivity index (χ0n) is 30.7. The molecule has 56 heavy (non-hydrogen) atoms. The molecule has 8 aromatic carbocycles. The first-order chi connectivity index (χ1) is 27.5. The third-order valence-corrected chi connectivity index (χ3v) is 25.2. The van der Waals surface area contributed by atoms with Gasteiger partial charge in [-0.3, -0.25) is 9.59 Å². The van der Waals surface area contributed by atoms with Gasteiger partial charge in [0.1, 0.15) is 0 Å². The Morgan fingerprint density at radius 2 is 0.500 bits per heavy atom. The van der Waals surface area contributed by atoms with Gasteiger partial charge in [-0.2, -0.15) is 0 Å². The second kappa shape index (κ2) is 18.9. The number of carbonyl (C=O) groups is 2. The quantitative estimate of drug-likeness (QED) is 0.205. The molecule has 9 rings (SSSR count). The van der Waals surface area contributed by atoms with Crippen molar-refractivity contribution in [2.24, 2.45) is 0 Å². The fourth-order valence-electron chi connectivity index (χ4n) is 7.01. The van der Waals surface area contributed by atoms with Crippen molar-refractivity contribution < 1.29 is 19.8 Å². The molecule has 0 bridgehead atoms. The number of benzene rings is 8. The summed E-state index contributed by atoms with van der Waals surface area (Å²) in [5.41, 5.74) is -0.426. The Labute approximate surface area is 342 Å². The Balaban J connectivity index is 0.000000129. The van der Waals surface area contributed by atoms with E-state index in [1.807, 2.05) is 0 Å². The van der Waals surface area contributed by atoms with Gasteiger partial charge in [0.05, 0.1) is 0 Å². The van der Waals surface area contributed by atoms with Crippen molar-refractivity contribution in [3.8, 4) is 11.5 Å². The molecular weight excluding hydrogens is 902 g/mol. The molecule has 0 amide bonds. The van der Waals surface area contributed by atoms with Gasteiger partial charge < -0.3 is 10.2 Å². The molecular formula is C50H38O4Sn2. The van der Waals surface area contributed by atoms with Crippen LogP contribution in [0.5, 0.6) is 11.5 Å². The van der Waals surface area contributed by atoms with Crippen LogP contribution in [-0.2, 0) is 0 Å². The van der Waals surface area contributed by atoms with E-state index >= 15 is 0 Å². The Morgan fingerprint density at radius 1 is 0.304 bits per heavy atom. The average Bonchev–Trinajstić information content (AvgIpc) is 3.27. The van der Waals surface area contributed by atoms with Crippen molar-refractivity contribution in [3.63, 3.8) is 0 Å². The summed E-state index contributed by atoms with van der Waals surface area (Å²) in [6.07, 6.45) is 0.0255. The van der Waals surface area contributed by atoms with E-state index in [-0.39, 0.29) is 34.7 Å². The predicted octanol–water partition coefficient (Wildman–Crippen LogP) is 5.55. The van der Waals surface area contributed by atoms with Crippen LogP contribution in [0.25, 0.3) is 10.8 Å². The SMILES string of the molecule is O=C1CCC(=O)c2c1c([O-])c1ccccc1c2[O-].c1cc[c]([Sn+]([c]2ccccc2)[c]2ccccc2)cc1.c1cc[c]([Sn+]([c]2ccccc2)[c]2ccccc2)cc1. The summed E-state index contributed by atoms with van der Waals surface area (Å²) in [4.78, 5) is 23.5. The third-order valence-electron chi connectivity index (χ3n) is 9.63. The van der Waals surface area contributed by atoms with Gasteiger partial charge in [-0.1, -0.05) is 35.8 Å². The number of carbonyl (C=O) groups excluding carboxylic acids is 2. The van der Waals surface area contributed by atoms with E-state index in [1.54, 1.807) is 12.1 Å². The van der Waals surface area contributed by atoms with Gasteiger partial charge in [0.2, 0.25) is 0 Å². The molecule has 6 heteroatoms. The van der Waals surface area contributed by atoms with Crippen molar-refractivity contribution in [2.75, 3.05) is 0 Å². The summed E-state index contributed by atoms with van der Waals surface area (Å²) < 4.78 is 9.18. The minimum atomic E-state index is -1.98. The van der Waals surface area contributed by atoms with Crippen LogP contribution in [0, 0.1) is 0 Å². The number of ketones is 2. The topological polar surface area (TPSA) is 80.3 Å². The molecule has 0 saturated carbocycles. The van der Waals surface area contributed by atoms with Gasteiger partial charge in [-0.05, 0) is 10.8 Å². The monoisotopic (exact) mass is 942 g/mol. The number of fused-ring (bicyclic) bond motifs is 2. The number of Topliss-reactive ketones (excluding diaryl/α,β-unsaturated/α-hetero) is 2. The maximum absolute atomic E-state index is 12.2. The second-order valence-electron chi connectivity index (χ2n) is 13.2. The van der Waals surface area contributed by atoms with Crippen molar-refractivity contribution >= 4 is 83.3 Å². The van der Waals surface area contributed by atoms with Crippen molar-refractivity contribution in [1.82, 2.24) is 0 Å². The van der Waals surface area contributed by atoms with Crippen LogP contribution in [0.3, 0.4) is 0 Å². The second-order valence-corrected chi connectivity index (χ2v) is 27.4. The van der Waals surface area contributed by atoms with E-state index in [1.165, 1.54) is 33.6 Å². The number of rotatable bonds is 6. The molecule has 270 valence electrons. The van der Waals surface area contributed by atoms with Crippen LogP contribution in [0.2, 0.25) is 0 Å². The predicted molar refractivity (Wildman–Crippen MR) is 229 cm³/mol. The third kappa shape index (κ3) is 8.98. The van der Waals surface area contributed by atoms with E-state index in [9.17, 15) is 19.8 Å². The Morgan fingerprint density at radius 3 is 0.714 bits per heavy atom. The molecule has 1 aliphatic carbocycles. The molecule has 8 aromatic rings. The molecule has 0 aliphatic heterocycles. The first-order valence-electron chi connectivity index (χ1n) is 18.6. The van der Waals surface area contributed by atoms with Crippen molar-refractivity contribution in [2.45, 2.75) is 12.8 Å². The average molecular weight is 940 g/mol. The maximum atomic E-state index is 12.2. The molecule has 0 fully saturated rings. The molecule has 0 saturated heterocycles. The normalized spacial score (nSPS) is 11.6. The molecule has 0 unspecified atom stereocenters. The fourth-order valence-corrected chi connectivity index (χ4v) is 21.7.